The first-order valence-corrected chi connectivity index (χ1v) is 12.5. The van der Waals surface area contributed by atoms with Crippen LogP contribution in [0.2, 0.25) is 0 Å². The number of benzene rings is 1. The Kier molecular flexibility index (Phi) is 6.65. The van der Waals surface area contributed by atoms with Gasteiger partial charge in [-0.1, -0.05) is 18.9 Å². The van der Waals surface area contributed by atoms with Crippen molar-refractivity contribution in [1.29, 1.82) is 0 Å². The highest BCUT2D eigenvalue weighted by Crippen LogP contribution is 2.39. The van der Waals surface area contributed by atoms with E-state index in [1.807, 2.05) is 6.26 Å². The summed E-state index contributed by atoms with van der Waals surface area (Å²) in [5.74, 6) is -0.536. The van der Waals surface area contributed by atoms with Gasteiger partial charge in [-0.2, -0.15) is 11.8 Å². The van der Waals surface area contributed by atoms with E-state index in [9.17, 15) is 19.2 Å². The zero-order chi connectivity index (χ0) is 22.0. The lowest BCUT2D eigenvalue weighted by molar-refractivity contribution is -0.146. The van der Waals surface area contributed by atoms with E-state index >= 15 is 0 Å². The third-order valence-electron chi connectivity index (χ3n) is 6.43. The maximum atomic E-state index is 13.2. The molecular formula is C23H29N3O4S. The Labute approximate surface area is 186 Å². The van der Waals surface area contributed by atoms with Gasteiger partial charge in [0.15, 0.2) is 0 Å². The number of carbonyl (C=O) groups excluding carboxylic acids is 4. The van der Waals surface area contributed by atoms with Crippen LogP contribution >= 0.6 is 11.8 Å². The van der Waals surface area contributed by atoms with Crippen LogP contribution in [-0.2, 0) is 19.2 Å². The highest BCUT2D eigenvalue weighted by atomic mass is 32.2. The summed E-state index contributed by atoms with van der Waals surface area (Å²) in [5.41, 5.74) is 1.15. The number of nitrogens with one attached hydrogen (secondary N) is 2. The molecule has 1 aliphatic heterocycles. The number of hydrogen-bond acceptors (Lipinski definition) is 5. The first-order chi connectivity index (χ1) is 15.0. The Balaban J connectivity index is 1.49. The van der Waals surface area contributed by atoms with E-state index in [2.05, 4.69) is 10.6 Å². The lowest BCUT2D eigenvalue weighted by Crippen LogP contribution is -2.48. The molecule has 3 unspecified atom stereocenters. The molecule has 0 radical (unpaired) electrons. The molecule has 4 amide bonds. The summed E-state index contributed by atoms with van der Waals surface area (Å²) >= 11 is 1.58. The maximum Gasteiger partial charge on any atom is 0.247 e. The molecule has 0 bridgehead atoms. The molecular weight excluding hydrogens is 414 g/mol. The zero-order valence-electron chi connectivity index (χ0n) is 17.8. The predicted octanol–water partition coefficient (Wildman–Crippen LogP) is 3.27. The molecule has 7 nitrogen and oxygen atoms in total. The fourth-order valence-corrected chi connectivity index (χ4v) is 5.05. The van der Waals surface area contributed by atoms with Crippen LogP contribution < -0.4 is 10.6 Å². The van der Waals surface area contributed by atoms with Crippen molar-refractivity contribution >= 4 is 46.8 Å². The largest absolute Gasteiger partial charge is 0.326 e. The minimum absolute atomic E-state index is 0.00260. The van der Waals surface area contributed by atoms with Crippen LogP contribution in [0.5, 0.6) is 0 Å². The van der Waals surface area contributed by atoms with Gasteiger partial charge in [-0.3, -0.25) is 24.1 Å². The lowest BCUT2D eigenvalue weighted by Gasteiger charge is -2.26. The average molecular weight is 444 g/mol. The number of amides is 4. The van der Waals surface area contributed by atoms with Gasteiger partial charge in [0.25, 0.3) is 0 Å². The van der Waals surface area contributed by atoms with E-state index in [0.717, 1.165) is 38.5 Å². The van der Waals surface area contributed by atoms with E-state index < -0.39 is 6.04 Å². The number of nitrogens with zero attached hydrogens (tertiary/aromatic N) is 1. The number of imide groups is 1. The van der Waals surface area contributed by atoms with Crippen LogP contribution in [0.15, 0.2) is 24.3 Å². The SMILES string of the molecule is CSCCC(C(=O)Nc1cccc(NC(=O)C2CC2)c1)N1C(=O)C2CCCCC2C1=O. The van der Waals surface area contributed by atoms with Crippen molar-refractivity contribution in [2.75, 3.05) is 22.6 Å². The van der Waals surface area contributed by atoms with Gasteiger partial charge in [0.05, 0.1) is 11.8 Å². The Morgan fingerprint density at radius 1 is 1.03 bits per heavy atom. The summed E-state index contributed by atoms with van der Waals surface area (Å²) in [6, 6.07) is 6.17. The highest BCUT2D eigenvalue weighted by molar-refractivity contribution is 7.98. The molecule has 2 N–H and O–H groups in total. The fraction of sp³-hybridized carbons (Fsp3) is 0.565. The summed E-state index contributed by atoms with van der Waals surface area (Å²) in [4.78, 5) is 52.5. The van der Waals surface area contributed by atoms with Gasteiger partial charge in [0.1, 0.15) is 6.04 Å². The predicted molar refractivity (Wildman–Crippen MR) is 121 cm³/mol. The van der Waals surface area contributed by atoms with E-state index in [0.29, 0.717) is 23.5 Å². The summed E-state index contributed by atoms with van der Waals surface area (Å²) in [5, 5.41) is 5.73. The molecule has 0 aromatic heterocycles. The molecule has 8 heteroatoms. The van der Waals surface area contributed by atoms with Crippen LogP contribution in [0.1, 0.15) is 44.9 Å². The molecule has 1 aromatic carbocycles. The average Bonchev–Trinajstić information content (AvgIpc) is 3.58. The smallest absolute Gasteiger partial charge is 0.247 e. The number of anilines is 2. The van der Waals surface area contributed by atoms with Crippen LogP contribution in [0.25, 0.3) is 0 Å². The molecule has 3 fully saturated rings. The van der Waals surface area contributed by atoms with Crippen molar-refractivity contribution in [1.82, 2.24) is 4.90 Å². The molecule has 2 saturated carbocycles. The number of rotatable bonds is 8. The van der Waals surface area contributed by atoms with Gasteiger partial charge >= 0.3 is 0 Å². The van der Waals surface area contributed by atoms with Gasteiger partial charge in [0, 0.05) is 17.3 Å². The summed E-state index contributed by atoms with van der Waals surface area (Å²) in [7, 11) is 0. The monoisotopic (exact) mass is 443 g/mol. The van der Waals surface area contributed by atoms with Gasteiger partial charge in [-0.05, 0) is 62.3 Å². The molecule has 1 saturated heterocycles. The first-order valence-electron chi connectivity index (χ1n) is 11.1. The third kappa shape index (κ3) is 4.79. The topological polar surface area (TPSA) is 95.6 Å². The van der Waals surface area contributed by atoms with Crippen molar-refractivity contribution in [3.63, 3.8) is 0 Å². The minimum atomic E-state index is -0.817. The first kappa shape index (κ1) is 21.9. The molecule has 0 spiro atoms. The van der Waals surface area contributed by atoms with E-state index in [-0.39, 0.29) is 41.4 Å². The van der Waals surface area contributed by atoms with Crippen LogP contribution in [-0.4, -0.2) is 46.6 Å². The van der Waals surface area contributed by atoms with Crippen molar-refractivity contribution in [2.24, 2.45) is 17.8 Å². The quantitative estimate of drug-likeness (QED) is 0.601. The zero-order valence-corrected chi connectivity index (χ0v) is 18.6. The molecule has 1 aromatic rings. The Morgan fingerprint density at radius 3 is 2.23 bits per heavy atom. The van der Waals surface area contributed by atoms with E-state index in [1.54, 1.807) is 36.0 Å². The highest BCUT2D eigenvalue weighted by Gasteiger charge is 2.51. The van der Waals surface area contributed by atoms with Crippen molar-refractivity contribution < 1.29 is 19.2 Å². The van der Waals surface area contributed by atoms with Gasteiger partial charge in [-0.25, -0.2) is 0 Å². The third-order valence-corrected chi connectivity index (χ3v) is 7.07. The molecule has 4 rings (SSSR count). The molecule has 2 aliphatic carbocycles. The molecule has 31 heavy (non-hydrogen) atoms. The molecule has 1 heterocycles. The van der Waals surface area contributed by atoms with Crippen LogP contribution in [0.3, 0.4) is 0 Å². The van der Waals surface area contributed by atoms with Gasteiger partial charge in [0.2, 0.25) is 23.6 Å². The second kappa shape index (κ2) is 9.42. The maximum absolute atomic E-state index is 13.2. The van der Waals surface area contributed by atoms with E-state index in [4.69, 9.17) is 0 Å². The van der Waals surface area contributed by atoms with Crippen molar-refractivity contribution in [3.05, 3.63) is 24.3 Å². The van der Waals surface area contributed by atoms with Crippen LogP contribution in [0, 0.1) is 17.8 Å². The van der Waals surface area contributed by atoms with Crippen molar-refractivity contribution in [2.45, 2.75) is 51.0 Å². The molecule has 166 valence electrons. The second-order valence-electron chi connectivity index (χ2n) is 8.67. The Hall–Kier alpha value is -2.35. The fourth-order valence-electron chi connectivity index (χ4n) is 4.59. The number of hydrogen-bond donors (Lipinski definition) is 2. The summed E-state index contributed by atoms with van der Waals surface area (Å²) < 4.78 is 0. The normalized spacial score (nSPS) is 24.0. The van der Waals surface area contributed by atoms with Gasteiger partial charge < -0.3 is 10.6 Å². The minimum Gasteiger partial charge on any atom is -0.326 e. The number of fused-ring (bicyclic) bond motifs is 1. The number of thioether (sulfide) groups is 1. The standard InChI is InChI=1S/C23H29N3O4S/c1-31-12-11-19(26-22(29)17-7-2-3-8-18(17)23(26)30)21(28)25-16-6-4-5-15(13-16)24-20(27)14-9-10-14/h4-6,13-14,17-19H,2-3,7-12H2,1H3,(H,24,27)(H,25,28). The number of carbonyl (C=O) groups is 4. The second-order valence-corrected chi connectivity index (χ2v) is 9.66. The van der Waals surface area contributed by atoms with E-state index in [1.165, 1.54) is 4.90 Å². The molecule has 3 atom stereocenters. The molecule has 3 aliphatic rings. The lowest BCUT2D eigenvalue weighted by atomic mass is 9.81. The summed E-state index contributed by atoms with van der Waals surface area (Å²) in [6.45, 7) is 0. The number of likely N-dealkylation sites (tertiary alicyclic amines) is 1. The Bertz CT molecular complexity index is 861. The van der Waals surface area contributed by atoms with Gasteiger partial charge in [-0.15, -0.1) is 0 Å². The summed E-state index contributed by atoms with van der Waals surface area (Å²) in [6.07, 6.45) is 7.55. The van der Waals surface area contributed by atoms with Crippen molar-refractivity contribution in [3.8, 4) is 0 Å². The van der Waals surface area contributed by atoms with Crippen LogP contribution in [0.4, 0.5) is 11.4 Å². The Morgan fingerprint density at radius 2 is 1.65 bits per heavy atom.